The Morgan fingerprint density at radius 1 is 1.33 bits per heavy atom. The van der Waals surface area contributed by atoms with Gasteiger partial charge in [-0.3, -0.25) is 0 Å². The molecule has 0 aliphatic carbocycles. The van der Waals surface area contributed by atoms with Crippen molar-refractivity contribution in [2.24, 2.45) is 0 Å². The summed E-state index contributed by atoms with van der Waals surface area (Å²) in [7, 11) is 0. The van der Waals surface area contributed by atoms with Gasteiger partial charge in [-0.1, -0.05) is 13.3 Å². The Kier molecular flexibility index (Phi) is 5.20. The summed E-state index contributed by atoms with van der Waals surface area (Å²) in [6.07, 6.45) is 4.57. The van der Waals surface area contributed by atoms with Crippen molar-refractivity contribution >= 4 is 0 Å². The summed E-state index contributed by atoms with van der Waals surface area (Å²) in [5.74, 6) is 1.15. The minimum absolute atomic E-state index is 0.866. The minimum Gasteiger partial charge on any atom is -0.381 e. The molecule has 1 aliphatic heterocycles. The first-order valence-electron chi connectivity index (χ1n) is 7.16. The third-order valence-electron chi connectivity index (χ3n) is 3.49. The van der Waals surface area contributed by atoms with Gasteiger partial charge >= 0.3 is 0 Å². The molecule has 0 fully saturated rings. The second-order valence-electron chi connectivity index (χ2n) is 4.95. The first-order valence-corrected chi connectivity index (χ1v) is 7.16. The molecule has 0 aromatic carbocycles. The van der Waals surface area contributed by atoms with Crippen molar-refractivity contribution in [3.8, 4) is 0 Å². The summed E-state index contributed by atoms with van der Waals surface area (Å²) in [6, 6.07) is 0. The maximum atomic E-state index is 5.61. The molecule has 0 spiro atoms. The van der Waals surface area contributed by atoms with Gasteiger partial charge in [-0.05, 0) is 19.8 Å². The van der Waals surface area contributed by atoms with E-state index in [-0.39, 0.29) is 0 Å². The van der Waals surface area contributed by atoms with E-state index < -0.39 is 0 Å². The number of nitrogens with one attached hydrogen (secondary N) is 1. The SMILES string of the molecule is CCCCOCCCn1c(C)nc2c1CCNC2. The molecule has 1 aliphatic rings. The van der Waals surface area contributed by atoms with Crippen LogP contribution in [0.5, 0.6) is 0 Å². The second-order valence-corrected chi connectivity index (χ2v) is 4.95. The molecule has 0 saturated carbocycles. The number of nitrogens with zero attached hydrogens (tertiary/aromatic N) is 2. The van der Waals surface area contributed by atoms with Crippen LogP contribution in [0.25, 0.3) is 0 Å². The number of unbranched alkanes of at least 4 members (excludes halogenated alkanes) is 1. The van der Waals surface area contributed by atoms with Crippen LogP contribution in [-0.2, 0) is 24.2 Å². The molecular weight excluding hydrogens is 226 g/mol. The molecule has 1 N–H and O–H groups in total. The van der Waals surface area contributed by atoms with Crippen LogP contribution in [-0.4, -0.2) is 29.3 Å². The molecule has 102 valence electrons. The summed E-state index contributed by atoms with van der Waals surface area (Å²) < 4.78 is 7.98. The molecule has 0 unspecified atom stereocenters. The van der Waals surface area contributed by atoms with Crippen molar-refractivity contribution in [1.29, 1.82) is 0 Å². The molecule has 4 nitrogen and oxygen atoms in total. The number of hydrogen-bond acceptors (Lipinski definition) is 3. The highest BCUT2D eigenvalue weighted by Gasteiger charge is 2.16. The number of imidazole rings is 1. The maximum Gasteiger partial charge on any atom is 0.106 e. The molecule has 1 aromatic rings. The highest BCUT2D eigenvalue weighted by Crippen LogP contribution is 2.16. The Hall–Kier alpha value is -0.870. The monoisotopic (exact) mass is 251 g/mol. The first-order chi connectivity index (χ1) is 8.83. The third-order valence-corrected chi connectivity index (χ3v) is 3.49. The quantitative estimate of drug-likeness (QED) is 0.754. The van der Waals surface area contributed by atoms with Crippen LogP contribution in [0.2, 0.25) is 0 Å². The van der Waals surface area contributed by atoms with Gasteiger partial charge < -0.3 is 14.6 Å². The Bertz CT molecular complexity index is 373. The zero-order chi connectivity index (χ0) is 12.8. The zero-order valence-corrected chi connectivity index (χ0v) is 11.7. The van der Waals surface area contributed by atoms with Gasteiger partial charge in [0.15, 0.2) is 0 Å². The lowest BCUT2D eigenvalue weighted by atomic mass is 10.2. The Balaban J connectivity index is 1.80. The minimum atomic E-state index is 0.866. The smallest absolute Gasteiger partial charge is 0.106 e. The number of ether oxygens (including phenoxy) is 1. The molecule has 2 rings (SSSR count). The van der Waals surface area contributed by atoms with Crippen molar-refractivity contribution in [2.45, 2.75) is 52.6 Å². The molecule has 0 atom stereocenters. The van der Waals surface area contributed by atoms with E-state index in [0.29, 0.717) is 0 Å². The summed E-state index contributed by atoms with van der Waals surface area (Å²) in [4.78, 5) is 4.64. The fourth-order valence-electron chi connectivity index (χ4n) is 2.48. The largest absolute Gasteiger partial charge is 0.381 e. The number of hydrogen-bond donors (Lipinski definition) is 1. The van der Waals surface area contributed by atoms with Gasteiger partial charge in [0.05, 0.1) is 5.69 Å². The van der Waals surface area contributed by atoms with Crippen LogP contribution in [0.4, 0.5) is 0 Å². The van der Waals surface area contributed by atoms with Crippen molar-refractivity contribution in [3.05, 3.63) is 17.2 Å². The predicted octanol–water partition coefficient (Wildman–Crippen LogP) is 2.04. The number of rotatable bonds is 7. The van der Waals surface area contributed by atoms with E-state index in [0.717, 1.165) is 51.5 Å². The Morgan fingerprint density at radius 2 is 2.17 bits per heavy atom. The summed E-state index contributed by atoms with van der Waals surface area (Å²) in [5, 5.41) is 3.37. The molecular formula is C14H25N3O. The van der Waals surface area contributed by atoms with Crippen LogP contribution < -0.4 is 5.32 Å². The van der Waals surface area contributed by atoms with Crippen molar-refractivity contribution < 1.29 is 4.74 Å². The highest BCUT2D eigenvalue weighted by molar-refractivity contribution is 5.19. The van der Waals surface area contributed by atoms with E-state index in [4.69, 9.17) is 4.74 Å². The van der Waals surface area contributed by atoms with Gasteiger partial charge in [0.2, 0.25) is 0 Å². The lowest BCUT2D eigenvalue weighted by Gasteiger charge is -2.15. The van der Waals surface area contributed by atoms with Crippen molar-refractivity contribution in [2.75, 3.05) is 19.8 Å². The van der Waals surface area contributed by atoms with E-state index in [1.807, 2.05) is 0 Å². The lowest BCUT2D eigenvalue weighted by Crippen LogP contribution is -2.25. The fraction of sp³-hybridized carbons (Fsp3) is 0.786. The van der Waals surface area contributed by atoms with E-state index in [1.165, 1.54) is 24.2 Å². The van der Waals surface area contributed by atoms with E-state index >= 15 is 0 Å². The van der Waals surface area contributed by atoms with Crippen LogP contribution in [0.3, 0.4) is 0 Å². The molecule has 0 radical (unpaired) electrons. The third kappa shape index (κ3) is 3.33. The normalized spacial score (nSPS) is 14.8. The van der Waals surface area contributed by atoms with Gasteiger partial charge in [0, 0.05) is 45.0 Å². The zero-order valence-electron chi connectivity index (χ0n) is 11.7. The number of fused-ring (bicyclic) bond motifs is 1. The van der Waals surface area contributed by atoms with E-state index in [9.17, 15) is 0 Å². The molecule has 2 heterocycles. The van der Waals surface area contributed by atoms with Gasteiger partial charge in [-0.25, -0.2) is 4.98 Å². The molecule has 18 heavy (non-hydrogen) atoms. The topological polar surface area (TPSA) is 39.1 Å². The molecule has 1 aromatic heterocycles. The molecule has 0 saturated heterocycles. The fourth-order valence-corrected chi connectivity index (χ4v) is 2.48. The summed E-state index contributed by atoms with van der Waals surface area (Å²) in [6.45, 7) is 9.11. The van der Waals surface area contributed by atoms with Crippen LogP contribution >= 0.6 is 0 Å². The summed E-state index contributed by atoms with van der Waals surface area (Å²) >= 11 is 0. The predicted molar refractivity (Wildman–Crippen MR) is 72.7 cm³/mol. The van der Waals surface area contributed by atoms with Crippen molar-refractivity contribution in [3.63, 3.8) is 0 Å². The molecule has 0 bridgehead atoms. The van der Waals surface area contributed by atoms with E-state index in [1.54, 1.807) is 0 Å². The van der Waals surface area contributed by atoms with Crippen LogP contribution in [0.15, 0.2) is 0 Å². The van der Waals surface area contributed by atoms with Gasteiger partial charge in [-0.2, -0.15) is 0 Å². The summed E-state index contributed by atoms with van der Waals surface area (Å²) in [5.41, 5.74) is 2.67. The number of aryl methyl sites for hydroxylation is 1. The average Bonchev–Trinajstić information content (AvgIpc) is 2.70. The maximum absolute atomic E-state index is 5.61. The van der Waals surface area contributed by atoms with Crippen molar-refractivity contribution in [1.82, 2.24) is 14.9 Å². The van der Waals surface area contributed by atoms with Gasteiger partial charge in [0.1, 0.15) is 5.82 Å². The first kappa shape index (κ1) is 13.6. The molecule has 4 heteroatoms. The highest BCUT2D eigenvalue weighted by atomic mass is 16.5. The molecule has 0 amide bonds. The lowest BCUT2D eigenvalue weighted by molar-refractivity contribution is 0.125. The van der Waals surface area contributed by atoms with Gasteiger partial charge in [-0.15, -0.1) is 0 Å². The Morgan fingerprint density at radius 3 is 3.00 bits per heavy atom. The average molecular weight is 251 g/mol. The second kappa shape index (κ2) is 6.90. The Labute approximate surface area is 110 Å². The van der Waals surface area contributed by atoms with E-state index in [2.05, 4.69) is 28.7 Å². The number of aromatic nitrogens is 2. The van der Waals surface area contributed by atoms with Crippen LogP contribution in [0.1, 0.15) is 43.4 Å². The van der Waals surface area contributed by atoms with Crippen LogP contribution in [0, 0.1) is 6.92 Å². The standard InChI is InChI=1S/C14H25N3O/c1-3-4-9-18-10-5-8-17-12(2)16-13-11-15-7-6-14(13)17/h15H,3-11H2,1-2H3. The van der Waals surface area contributed by atoms with Gasteiger partial charge in [0.25, 0.3) is 0 Å².